The molecule has 0 saturated carbocycles. The van der Waals surface area contributed by atoms with Crippen LogP contribution in [0.1, 0.15) is 12.5 Å². The second-order valence-corrected chi connectivity index (χ2v) is 4.18. The largest absolute Gasteiger partial charge is 0.477 e. The van der Waals surface area contributed by atoms with Crippen molar-refractivity contribution in [1.82, 2.24) is 0 Å². The zero-order chi connectivity index (χ0) is 12.7. The predicted octanol–water partition coefficient (Wildman–Crippen LogP) is 2.31. The van der Waals surface area contributed by atoms with Gasteiger partial charge in [-0.1, -0.05) is 35.5 Å². The fourth-order valence-electron chi connectivity index (χ4n) is 1.18. The Balaban J connectivity index is 2.34. The third-order valence-electron chi connectivity index (χ3n) is 2.07. The van der Waals surface area contributed by atoms with Crippen LogP contribution in [-0.4, -0.2) is 28.8 Å². The van der Waals surface area contributed by atoms with Gasteiger partial charge in [-0.25, -0.2) is 4.79 Å². The van der Waals surface area contributed by atoms with Gasteiger partial charge < -0.3 is 9.94 Å². The van der Waals surface area contributed by atoms with Crippen LogP contribution in [0.4, 0.5) is 0 Å². The quantitative estimate of drug-likeness (QED) is 0.482. The molecule has 0 radical (unpaired) electrons. The van der Waals surface area contributed by atoms with Gasteiger partial charge in [0.15, 0.2) is 5.71 Å². The zero-order valence-electron chi connectivity index (χ0n) is 9.47. The summed E-state index contributed by atoms with van der Waals surface area (Å²) in [4.78, 5) is 15.3. The van der Waals surface area contributed by atoms with Crippen LogP contribution in [0.25, 0.3) is 0 Å². The summed E-state index contributed by atoms with van der Waals surface area (Å²) in [7, 11) is 0. The van der Waals surface area contributed by atoms with E-state index in [1.54, 1.807) is 0 Å². The van der Waals surface area contributed by atoms with Gasteiger partial charge in [-0.2, -0.15) is 0 Å². The predicted molar refractivity (Wildman–Crippen MR) is 66.5 cm³/mol. The van der Waals surface area contributed by atoms with Gasteiger partial charge in [0.05, 0.1) is 5.38 Å². The van der Waals surface area contributed by atoms with Crippen LogP contribution < -0.4 is 0 Å². The average molecular weight is 256 g/mol. The minimum Gasteiger partial charge on any atom is -0.477 e. The number of hydrogen-bond acceptors (Lipinski definition) is 3. The Labute approximate surface area is 105 Å². The normalized spacial score (nSPS) is 13.2. The third kappa shape index (κ3) is 5.36. The fourth-order valence-corrected chi connectivity index (χ4v) is 1.42. The number of carbonyl (C=O) groups is 1. The van der Waals surface area contributed by atoms with E-state index in [4.69, 9.17) is 21.5 Å². The molecule has 0 aliphatic carbocycles. The van der Waals surface area contributed by atoms with Crippen molar-refractivity contribution in [3.05, 3.63) is 35.9 Å². The van der Waals surface area contributed by atoms with Crippen molar-refractivity contribution in [3.63, 3.8) is 0 Å². The lowest BCUT2D eigenvalue weighted by Crippen LogP contribution is -2.13. The summed E-state index contributed by atoms with van der Waals surface area (Å²) in [5.74, 6) is -1.10. The van der Waals surface area contributed by atoms with Crippen molar-refractivity contribution in [3.8, 4) is 0 Å². The lowest BCUT2D eigenvalue weighted by Gasteiger charge is -2.07. The van der Waals surface area contributed by atoms with Crippen molar-refractivity contribution < 1.29 is 14.7 Å². The van der Waals surface area contributed by atoms with Crippen molar-refractivity contribution >= 4 is 23.3 Å². The van der Waals surface area contributed by atoms with E-state index in [1.807, 2.05) is 30.3 Å². The summed E-state index contributed by atoms with van der Waals surface area (Å²) >= 11 is 6.04. The maximum Gasteiger partial charge on any atom is 0.353 e. The van der Waals surface area contributed by atoms with Gasteiger partial charge in [0.2, 0.25) is 0 Å². The van der Waals surface area contributed by atoms with Gasteiger partial charge in [0.25, 0.3) is 0 Å². The first-order chi connectivity index (χ1) is 8.09. The number of hydrogen-bond donors (Lipinski definition) is 1. The number of nitrogens with zero attached hydrogens (tertiary/aromatic N) is 1. The fraction of sp³-hybridized carbons (Fsp3) is 0.333. The molecule has 0 fully saturated rings. The molecule has 5 heteroatoms. The molecule has 0 aliphatic heterocycles. The highest BCUT2D eigenvalue weighted by Crippen LogP contribution is 2.08. The van der Waals surface area contributed by atoms with E-state index in [1.165, 1.54) is 6.92 Å². The Morgan fingerprint density at radius 3 is 2.71 bits per heavy atom. The molecule has 0 bridgehead atoms. The summed E-state index contributed by atoms with van der Waals surface area (Å²) in [6.45, 7) is 1.55. The smallest absolute Gasteiger partial charge is 0.353 e. The molecule has 0 aliphatic rings. The molecule has 0 saturated heterocycles. The molecule has 0 aromatic heterocycles. The van der Waals surface area contributed by atoms with Gasteiger partial charge in [-0.3, -0.25) is 0 Å². The van der Waals surface area contributed by atoms with Crippen molar-refractivity contribution in [1.29, 1.82) is 0 Å². The minimum absolute atomic E-state index is 0.0893. The van der Waals surface area contributed by atoms with Gasteiger partial charge in [-0.05, 0) is 18.9 Å². The molecule has 1 unspecified atom stereocenters. The SMILES string of the molecule is CC(=NOCC(Cl)Cc1ccccc1)C(=O)O. The first kappa shape index (κ1) is 13.5. The molecule has 1 aromatic rings. The lowest BCUT2D eigenvalue weighted by molar-refractivity contribution is -0.129. The van der Waals surface area contributed by atoms with E-state index in [9.17, 15) is 4.79 Å². The molecule has 92 valence electrons. The highest BCUT2D eigenvalue weighted by molar-refractivity contribution is 6.34. The second kappa shape index (κ2) is 6.91. The van der Waals surface area contributed by atoms with Crippen molar-refractivity contribution in [2.75, 3.05) is 6.61 Å². The Morgan fingerprint density at radius 1 is 1.47 bits per heavy atom. The van der Waals surface area contributed by atoms with Gasteiger partial charge in [0.1, 0.15) is 6.61 Å². The topological polar surface area (TPSA) is 58.9 Å². The number of carboxylic acids is 1. The summed E-state index contributed by atoms with van der Waals surface area (Å²) in [6, 6.07) is 9.76. The summed E-state index contributed by atoms with van der Waals surface area (Å²) in [5, 5.41) is 11.7. The average Bonchev–Trinajstić information content (AvgIpc) is 2.30. The minimum atomic E-state index is -1.10. The first-order valence-corrected chi connectivity index (χ1v) is 5.61. The van der Waals surface area contributed by atoms with Gasteiger partial charge in [0, 0.05) is 0 Å². The molecule has 1 rings (SSSR count). The molecule has 1 aromatic carbocycles. The van der Waals surface area contributed by atoms with E-state index in [-0.39, 0.29) is 17.7 Å². The molecule has 1 atom stereocenters. The Morgan fingerprint density at radius 2 is 2.12 bits per heavy atom. The molecule has 4 nitrogen and oxygen atoms in total. The van der Waals surface area contributed by atoms with Crippen LogP contribution in [0.3, 0.4) is 0 Å². The highest BCUT2D eigenvalue weighted by Gasteiger charge is 2.07. The monoisotopic (exact) mass is 255 g/mol. The molecular weight excluding hydrogens is 242 g/mol. The number of alkyl halides is 1. The van der Waals surface area contributed by atoms with Crippen LogP contribution >= 0.6 is 11.6 Å². The van der Waals surface area contributed by atoms with Crippen LogP contribution in [0, 0.1) is 0 Å². The molecule has 17 heavy (non-hydrogen) atoms. The van der Waals surface area contributed by atoms with E-state index in [0.29, 0.717) is 6.42 Å². The number of carboxylic acid groups (broad SMARTS) is 1. The number of benzene rings is 1. The Hall–Kier alpha value is -1.55. The van der Waals surface area contributed by atoms with Crippen LogP contribution in [0.2, 0.25) is 0 Å². The van der Waals surface area contributed by atoms with Gasteiger partial charge >= 0.3 is 5.97 Å². The zero-order valence-corrected chi connectivity index (χ0v) is 10.2. The van der Waals surface area contributed by atoms with E-state index in [0.717, 1.165) is 5.56 Å². The second-order valence-electron chi connectivity index (χ2n) is 3.56. The molecule has 1 N–H and O–H groups in total. The molecule has 0 spiro atoms. The standard InChI is InChI=1S/C12H14ClNO3/c1-9(12(15)16)14-17-8-11(13)7-10-5-3-2-4-6-10/h2-6,11H,7-8H2,1H3,(H,15,16). The maximum atomic E-state index is 10.4. The van der Waals surface area contributed by atoms with Gasteiger partial charge in [-0.15, -0.1) is 11.6 Å². The molecule has 0 amide bonds. The summed E-state index contributed by atoms with van der Waals surface area (Å²) in [6.07, 6.45) is 0.657. The van der Waals surface area contributed by atoms with E-state index in [2.05, 4.69) is 5.16 Å². The van der Waals surface area contributed by atoms with Crippen LogP contribution in [0.5, 0.6) is 0 Å². The van der Waals surface area contributed by atoms with Crippen molar-refractivity contribution in [2.45, 2.75) is 18.7 Å². The van der Waals surface area contributed by atoms with E-state index < -0.39 is 5.97 Å². The summed E-state index contributed by atoms with van der Waals surface area (Å²) in [5.41, 5.74) is 1.02. The first-order valence-electron chi connectivity index (χ1n) is 5.17. The lowest BCUT2D eigenvalue weighted by atomic mass is 10.1. The molecular formula is C12H14ClNO3. The third-order valence-corrected chi connectivity index (χ3v) is 2.35. The Kier molecular flexibility index (Phi) is 5.49. The molecule has 0 heterocycles. The Bertz CT molecular complexity index is 392. The van der Waals surface area contributed by atoms with E-state index >= 15 is 0 Å². The number of halogens is 1. The van der Waals surface area contributed by atoms with Crippen molar-refractivity contribution in [2.24, 2.45) is 5.16 Å². The van der Waals surface area contributed by atoms with Crippen LogP contribution in [0.15, 0.2) is 35.5 Å². The number of aliphatic carboxylic acids is 1. The number of oxime groups is 1. The highest BCUT2D eigenvalue weighted by atomic mass is 35.5. The maximum absolute atomic E-state index is 10.4. The summed E-state index contributed by atoms with van der Waals surface area (Å²) < 4.78 is 0. The van der Waals surface area contributed by atoms with Crippen LogP contribution in [-0.2, 0) is 16.1 Å². The number of rotatable bonds is 6.